The van der Waals surface area contributed by atoms with Gasteiger partial charge in [-0.3, -0.25) is 9.20 Å². The van der Waals surface area contributed by atoms with E-state index in [1.807, 2.05) is 48.0 Å². The number of carbonyl (C=O) groups is 1. The van der Waals surface area contributed by atoms with Crippen LogP contribution in [0.1, 0.15) is 23.8 Å². The van der Waals surface area contributed by atoms with Gasteiger partial charge in [-0.2, -0.15) is 5.26 Å². The summed E-state index contributed by atoms with van der Waals surface area (Å²) in [5.41, 5.74) is 1.11. The lowest BCUT2D eigenvalue weighted by Crippen LogP contribution is -2.33. The zero-order valence-electron chi connectivity index (χ0n) is 10.8. The van der Waals surface area contributed by atoms with E-state index >= 15 is 0 Å². The van der Waals surface area contributed by atoms with Crippen LogP contribution in [0.2, 0.25) is 0 Å². The van der Waals surface area contributed by atoms with Crippen molar-refractivity contribution in [2.75, 3.05) is 6.26 Å². The molecule has 0 aliphatic carbocycles. The van der Waals surface area contributed by atoms with Gasteiger partial charge in [-0.25, -0.2) is 4.98 Å². The lowest BCUT2D eigenvalue weighted by Gasteiger charge is -2.07. The van der Waals surface area contributed by atoms with Crippen LogP contribution in [0.5, 0.6) is 0 Å². The van der Waals surface area contributed by atoms with Gasteiger partial charge in [0.05, 0.1) is 11.6 Å². The average molecular weight is 274 g/mol. The number of nitrogens with zero attached hydrogens (tertiary/aromatic N) is 3. The second kappa shape index (κ2) is 5.76. The largest absolute Gasteiger partial charge is 0.335 e. The maximum Gasteiger partial charge on any atom is 0.273 e. The molecule has 2 heterocycles. The van der Waals surface area contributed by atoms with Crippen molar-refractivity contribution in [2.24, 2.45) is 0 Å². The molecule has 0 aromatic carbocycles. The summed E-state index contributed by atoms with van der Waals surface area (Å²) >= 11 is 1.47. The summed E-state index contributed by atoms with van der Waals surface area (Å²) in [5, 5.41) is 12.3. The number of amides is 1. The first kappa shape index (κ1) is 13.4. The Labute approximate surface area is 115 Å². The Morgan fingerprint density at radius 3 is 3.05 bits per heavy atom. The minimum absolute atomic E-state index is 0.308. The summed E-state index contributed by atoms with van der Waals surface area (Å²) in [5.74, 6) is -0.308. The molecule has 0 saturated heterocycles. The first-order valence-corrected chi connectivity index (χ1v) is 7.15. The van der Waals surface area contributed by atoms with Gasteiger partial charge in [-0.15, -0.1) is 0 Å². The number of rotatable bonds is 4. The highest BCUT2D eigenvalue weighted by molar-refractivity contribution is 7.98. The van der Waals surface area contributed by atoms with E-state index in [9.17, 15) is 4.79 Å². The number of thioether (sulfide) groups is 1. The zero-order valence-corrected chi connectivity index (χ0v) is 11.6. The zero-order chi connectivity index (χ0) is 13.8. The smallest absolute Gasteiger partial charge is 0.273 e. The molecule has 5 nitrogen and oxygen atoms in total. The molecule has 1 amide bonds. The van der Waals surface area contributed by atoms with Crippen LogP contribution in [0, 0.1) is 11.3 Å². The second-order valence-corrected chi connectivity index (χ2v) is 4.74. The number of carbonyl (C=O) groups excluding carboxylic acids is 1. The van der Waals surface area contributed by atoms with Gasteiger partial charge in [0.2, 0.25) is 0 Å². The normalized spacial score (nSPS) is 12.1. The molecular formula is C13H14N4OS. The molecule has 0 radical (unpaired) electrons. The van der Waals surface area contributed by atoms with Crippen molar-refractivity contribution in [3.05, 3.63) is 30.1 Å². The number of nitrogens with one attached hydrogen (secondary N) is 1. The summed E-state index contributed by atoms with van der Waals surface area (Å²) in [6.07, 6.45) is 4.35. The molecule has 0 aliphatic heterocycles. The van der Waals surface area contributed by atoms with Crippen LogP contribution in [0.15, 0.2) is 29.6 Å². The van der Waals surface area contributed by atoms with Crippen LogP contribution in [-0.4, -0.2) is 27.6 Å². The Bertz CT molecular complexity index is 644. The highest BCUT2D eigenvalue weighted by atomic mass is 32.2. The third-order valence-electron chi connectivity index (χ3n) is 2.78. The van der Waals surface area contributed by atoms with Gasteiger partial charge >= 0.3 is 0 Å². The molecule has 2 rings (SSSR count). The maximum atomic E-state index is 12.2. The van der Waals surface area contributed by atoms with Crippen molar-refractivity contribution in [2.45, 2.75) is 24.5 Å². The quantitative estimate of drug-likeness (QED) is 0.867. The summed E-state index contributed by atoms with van der Waals surface area (Å²) in [6, 6.07) is 7.16. The number of nitriles is 1. The number of fused-ring (bicyclic) bond motifs is 1. The summed E-state index contributed by atoms with van der Waals surface area (Å²) < 4.78 is 1.87. The molecular weight excluding hydrogens is 260 g/mol. The molecule has 2 aromatic heterocycles. The second-order valence-electron chi connectivity index (χ2n) is 3.97. The van der Waals surface area contributed by atoms with Gasteiger partial charge in [-0.1, -0.05) is 24.8 Å². The Morgan fingerprint density at radius 1 is 1.63 bits per heavy atom. The monoisotopic (exact) mass is 274 g/mol. The van der Waals surface area contributed by atoms with Crippen molar-refractivity contribution in [1.82, 2.24) is 14.7 Å². The average Bonchev–Trinajstić information content (AvgIpc) is 2.83. The molecule has 6 heteroatoms. The lowest BCUT2D eigenvalue weighted by molar-refractivity contribution is 0.0941. The van der Waals surface area contributed by atoms with Crippen LogP contribution in [0.3, 0.4) is 0 Å². The minimum Gasteiger partial charge on any atom is -0.335 e. The lowest BCUT2D eigenvalue weighted by atomic mass is 10.2. The molecule has 1 atom stereocenters. The molecule has 19 heavy (non-hydrogen) atoms. The van der Waals surface area contributed by atoms with E-state index in [1.54, 1.807) is 0 Å². The van der Waals surface area contributed by atoms with Crippen molar-refractivity contribution < 1.29 is 4.79 Å². The van der Waals surface area contributed by atoms with Crippen LogP contribution in [0.25, 0.3) is 5.52 Å². The fraction of sp³-hybridized carbons (Fsp3) is 0.308. The van der Waals surface area contributed by atoms with Gasteiger partial charge < -0.3 is 5.32 Å². The van der Waals surface area contributed by atoms with E-state index in [2.05, 4.69) is 10.3 Å². The third kappa shape index (κ3) is 2.56. The Balaban J connectivity index is 2.40. The fourth-order valence-electron chi connectivity index (χ4n) is 1.77. The molecule has 0 spiro atoms. The van der Waals surface area contributed by atoms with Gasteiger partial charge in [0, 0.05) is 6.20 Å². The van der Waals surface area contributed by atoms with Crippen LogP contribution in [-0.2, 0) is 0 Å². The molecule has 0 saturated carbocycles. The standard InChI is InChI=1S/C13H14N4OS/c1-3-9(8-14)15-12(18)11-10-6-4-5-7-17(10)13(16-11)19-2/h4-7,9H,3H2,1-2H3,(H,15,18). The molecule has 1 N–H and O–H groups in total. The molecule has 2 aromatic rings. The summed E-state index contributed by atoms with van der Waals surface area (Å²) in [7, 11) is 0. The Hall–Kier alpha value is -2.00. The fourth-order valence-corrected chi connectivity index (χ4v) is 2.31. The number of pyridine rings is 1. The molecule has 0 fully saturated rings. The number of hydrogen-bond donors (Lipinski definition) is 1. The topological polar surface area (TPSA) is 70.2 Å². The Kier molecular flexibility index (Phi) is 4.07. The van der Waals surface area contributed by atoms with Crippen molar-refractivity contribution in [3.63, 3.8) is 0 Å². The van der Waals surface area contributed by atoms with Crippen molar-refractivity contribution in [1.29, 1.82) is 5.26 Å². The minimum atomic E-state index is -0.481. The highest BCUT2D eigenvalue weighted by Crippen LogP contribution is 2.19. The Morgan fingerprint density at radius 2 is 2.42 bits per heavy atom. The van der Waals surface area contributed by atoms with Gasteiger partial charge in [-0.05, 0) is 24.8 Å². The van der Waals surface area contributed by atoms with Gasteiger partial charge in [0.1, 0.15) is 6.04 Å². The van der Waals surface area contributed by atoms with E-state index in [0.717, 1.165) is 10.7 Å². The van der Waals surface area contributed by atoms with E-state index in [-0.39, 0.29) is 5.91 Å². The van der Waals surface area contributed by atoms with Gasteiger partial charge in [0.25, 0.3) is 5.91 Å². The first-order valence-electron chi connectivity index (χ1n) is 5.92. The summed E-state index contributed by atoms with van der Waals surface area (Å²) in [4.78, 5) is 16.5. The van der Waals surface area contributed by atoms with Gasteiger partial charge in [0.15, 0.2) is 10.9 Å². The maximum absolute atomic E-state index is 12.2. The van der Waals surface area contributed by atoms with Crippen LogP contribution < -0.4 is 5.32 Å². The number of imidazole rings is 1. The SMILES string of the molecule is CCC(C#N)NC(=O)c1nc(SC)n2ccccc12. The van der Waals surface area contributed by atoms with Crippen LogP contribution >= 0.6 is 11.8 Å². The third-order valence-corrected chi connectivity index (χ3v) is 3.44. The van der Waals surface area contributed by atoms with Crippen molar-refractivity contribution in [3.8, 4) is 6.07 Å². The molecule has 0 bridgehead atoms. The van der Waals surface area contributed by atoms with E-state index in [4.69, 9.17) is 5.26 Å². The molecule has 1 unspecified atom stereocenters. The number of aromatic nitrogens is 2. The molecule has 0 aliphatic rings. The first-order chi connectivity index (χ1) is 9.21. The molecule has 98 valence electrons. The summed E-state index contributed by atoms with van der Waals surface area (Å²) in [6.45, 7) is 1.85. The van der Waals surface area contributed by atoms with E-state index < -0.39 is 6.04 Å². The highest BCUT2D eigenvalue weighted by Gasteiger charge is 2.18. The van der Waals surface area contributed by atoms with E-state index in [0.29, 0.717) is 12.1 Å². The van der Waals surface area contributed by atoms with E-state index in [1.165, 1.54) is 11.8 Å². The predicted octanol–water partition coefficient (Wildman–Crippen LogP) is 2.09. The predicted molar refractivity (Wildman–Crippen MR) is 74.1 cm³/mol. The van der Waals surface area contributed by atoms with Crippen molar-refractivity contribution >= 4 is 23.2 Å². The number of hydrogen-bond acceptors (Lipinski definition) is 4. The van der Waals surface area contributed by atoms with Crippen LogP contribution in [0.4, 0.5) is 0 Å².